The zero-order valence-electron chi connectivity index (χ0n) is 27.1. The summed E-state index contributed by atoms with van der Waals surface area (Å²) in [5, 5.41) is 19.7. The summed E-state index contributed by atoms with van der Waals surface area (Å²) in [5.74, 6) is 0.541. The molecule has 2 saturated heterocycles. The molecule has 11 nitrogen and oxygen atoms in total. The highest BCUT2D eigenvalue weighted by molar-refractivity contribution is 6.02. The molecule has 2 aliphatic heterocycles. The van der Waals surface area contributed by atoms with E-state index >= 15 is 0 Å². The number of aromatic nitrogens is 1. The summed E-state index contributed by atoms with van der Waals surface area (Å²) in [6, 6.07) is 9.89. The quantitative estimate of drug-likeness (QED) is 0.283. The fourth-order valence-electron chi connectivity index (χ4n) is 7.95. The van der Waals surface area contributed by atoms with Gasteiger partial charge in [-0.15, -0.1) is 0 Å². The second-order valence-corrected chi connectivity index (χ2v) is 14.0. The topological polar surface area (TPSA) is 153 Å². The van der Waals surface area contributed by atoms with Crippen LogP contribution in [-0.2, 0) is 0 Å². The van der Waals surface area contributed by atoms with Crippen LogP contribution in [0, 0.1) is 5.92 Å². The Labute approximate surface area is 271 Å². The summed E-state index contributed by atoms with van der Waals surface area (Å²) in [6.45, 7) is 7.15. The third kappa shape index (κ3) is 7.31. The molecule has 0 bridgehead atoms. The number of primary amides is 1. The molecule has 46 heavy (non-hydrogen) atoms. The van der Waals surface area contributed by atoms with Crippen molar-refractivity contribution in [2.24, 2.45) is 11.7 Å². The van der Waals surface area contributed by atoms with Gasteiger partial charge in [0.2, 0.25) is 0 Å². The largest absolute Gasteiger partial charge is 0.393 e. The van der Waals surface area contributed by atoms with Gasteiger partial charge in [0.25, 0.3) is 17.7 Å². The molecule has 2 saturated carbocycles. The average Bonchev–Trinajstić information content (AvgIpc) is 3.69. The van der Waals surface area contributed by atoms with E-state index in [1.807, 2.05) is 12.1 Å². The molecule has 11 heteroatoms. The average molecular weight is 632 g/mol. The molecular weight excluding hydrogens is 582 g/mol. The van der Waals surface area contributed by atoms with E-state index in [9.17, 15) is 19.5 Å². The molecule has 3 amide bonds. The second-order valence-electron chi connectivity index (χ2n) is 14.0. The highest BCUT2D eigenvalue weighted by Crippen LogP contribution is 2.39. The van der Waals surface area contributed by atoms with Crippen LogP contribution in [0.1, 0.15) is 103 Å². The summed E-state index contributed by atoms with van der Waals surface area (Å²) < 4.78 is 0. The number of aliphatic hydroxyl groups is 1. The number of anilines is 2. The molecule has 0 radical (unpaired) electrons. The molecule has 4 atom stereocenters. The van der Waals surface area contributed by atoms with Crippen LogP contribution < -0.4 is 26.6 Å². The molecule has 6 N–H and O–H groups in total. The first kappa shape index (κ1) is 32.2. The summed E-state index contributed by atoms with van der Waals surface area (Å²) in [5.41, 5.74) is 7.64. The zero-order chi connectivity index (χ0) is 32.4. The van der Waals surface area contributed by atoms with Gasteiger partial charge in [-0.3, -0.25) is 19.3 Å². The first-order valence-electron chi connectivity index (χ1n) is 17.1. The summed E-state index contributed by atoms with van der Waals surface area (Å²) in [7, 11) is 0. The highest BCUT2D eigenvalue weighted by Gasteiger charge is 2.41. The zero-order valence-corrected chi connectivity index (χ0v) is 27.1. The molecule has 1 aromatic heterocycles. The van der Waals surface area contributed by atoms with E-state index in [4.69, 9.17) is 10.7 Å². The number of carbonyl (C=O) groups is 3. The van der Waals surface area contributed by atoms with Crippen LogP contribution >= 0.6 is 0 Å². The molecule has 2 aliphatic carbocycles. The van der Waals surface area contributed by atoms with E-state index in [2.05, 4.69) is 39.6 Å². The third-order valence-electron chi connectivity index (χ3n) is 10.6. The first-order valence-corrected chi connectivity index (χ1v) is 17.1. The standard InChI is InChI=1S/C35H49N7O4/c1-21(2)41-15-13-26(20-41)39-35(46)24-6-12-32(37-19-24)42-14-3-4-22-16-27(18-31(22)42)40-34(45)23-5-11-29(33(36)44)30(17-23)38-25-7-9-28(43)10-8-25/h5-6,11-12,17,19,21-22,25-28,31,38,43H,3-4,7-10,13-16,18,20H2,1-2H3,(H2,36,44)(H,39,46)(H,40,45)/t22?,25-,26-,27?,28-,31?/m1/s1. The number of fused-ring (bicyclic) bond motifs is 1. The molecule has 1 aromatic carbocycles. The highest BCUT2D eigenvalue weighted by atomic mass is 16.3. The van der Waals surface area contributed by atoms with Gasteiger partial charge in [0.1, 0.15) is 5.82 Å². The van der Waals surface area contributed by atoms with Crippen LogP contribution in [0.4, 0.5) is 11.5 Å². The molecule has 6 rings (SSSR count). The number of nitrogens with zero attached hydrogens (tertiary/aromatic N) is 3. The second kappa shape index (κ2) is 14.0. The van der Waals surface area contributed by atoms with Gasteiger partial charge in [-0.05, 0) is 108 Å². The number of hydrogen-bond donors (Lipinski definition) is 5. The Hall–Kier alpha value is -3.70. The van der Waals surface area contributed by atoms with Crippen molar-refractivity contribution in [3.8, 4) is 0 Å². The van der Waals surface area contributed by atoms with Crippen molar-refractivity contribution in [3.63, 3.8) is 0 Å². The maximum Gasteiger partial charge on any atom is 0.253 e. The number of nitrogens with two attached hydrogens (primary N) is 1. The number of benzene rings is 1. The van der Waals surface area contributed by atoms with Gasteiger partial charge in [-0.1, -0.05) is 0 Å². The van der Waals surface area contributed by atoms with Gasteiger partial charge >= 0.3 is 0 Å². The lowest BCUT2D eigenvalue weighted by atomic mass is 9.92. The van der Waals surface area contributed by atoms with Crippen molar-refractivity contribution in [3.05, 3.63) is 53.2 Å². The number of likely N-dealkylation sites (tertiary alicyclic amines) is 1. The summed E-state index contributed by atoms with van der Waals surface area (Å²) >= 11 is 0. The van der Waals surface area contributed by atoms with Gasteiger partial charge in [-0.25, -0.2) is 4.98 Å². The van der Waals surface area contributed by atoms with Crippen molar-refractivity contribution in [1.29, 1.82) is 0 Å². The smallest absolute Gasteiger partial charge is 0.253 e. The van der Waals surface area contributed by atoms with Gasteiger partial charge < -0.3 is 31.7 Å². The van der Waals surface area contributed by atoms with Crippen LogP contribution in [0.3, 0.4) is 0 Å². The molecule has 0 spiro atoms. The molecule has 4 aliphatic rings. The minimum absolute atomic E-state index is 0.0250. The predicted octanol–water partition coefficient (Wildman–Crippen LogP) is 3.29. The Morgan fingerprint density at radius 1 is 0.891 bits per heavy atom. The monoisotopic (exact) mass is 631 g/mol. The Morgan fingerprint density at radius 3 is 2.33 bits per heavy atom. The van der Waals surface area contributed by atoms with E-state index in [1.54, 1.807) is 24.4 Å². The van der Waals surface area contributed by atoms with Crippen molar-refractivity contribution in [2.45, 2.75) is 108 Å². The fraction of sp³-hybridized carbons (Fsp3) is 0.600. The van der Waals surface area contributed by atoms with E-state index in [-0.39, 0.29) is 42.1 Å². The van der Waals surface area contributed by atoms with Crippen molar-refractivity contribution in [2.75, 3.05) is 29.9 Å². The van der Waals surface area contributed by atoms with Gasteiger partial charge in [0.15, 0.2) is 0 Å². The molecule has 4 fully saturated rings. The lowest BCUT2D eigenvalue weighted by Crippen LogP contribution is -2.43. The van der Waals surface area contributed by atoms with Crippen LogP contribution in [0.2, 0.25) is 0 Å². The maximum atomic E-state index is 13.4. The number of hydrogen-bond acceptors (Lipinski definition) is 8. The lowest BCUT2D eigenvalue weighted by Gasteiger charge is -2.38. The van der Waals surface area contributed by atoms with E-state index < -0.39 is 5.91 Å². The van der Waals surface area contributed by atoms with Crippen molar-refractivity contribution >= 4 is 29.2 Å². The SMILES string of the molecule is CC(C)N1CC[C@@H](NC(=O)c2ccc(N3CCCC4CC(NC(=O)c5ccc(C(N)=O)c(N[C@H]6CC[C@H](O)CC6)c5)CC43)nc2)C1. The maximum absolute atomic E-state index is 13.4. The minimum Gasteiger partial charge on any atom is -0.393 e. The molecule has 3 unspecified atom stereocenters. The fourth-order valence-corrected chi connectivity index (χ4v) is 7.95. The first-order chi connectivity index (χ1) is 22.1. The number of aliphatic hydroxyl groups excluding tert-OH is 1. The van der Waals surface area contributed by atoms with Crippen LogP contribution in [-0.4, -0.2) is 88.7 Å². The third-order valence-corrected chi connectivity index (χ3v) is 10.6. The summed E-state index contributed by atoms with van der Waals surface area (Å²) in [4.78, 5) is 48.0. The molecule has 3 heterocycles. The van der Waals surface area contributed by atoms with Crippen LogP contribution in [0.5, 0.6) is 0 Å². The van der Waals surface area contributed by atoms with Crippen LogP contribution in [0.15, 0.2) is 36.5 Å². The lowest BCUT2D eigenvalue weighted by molar-refractivity contribution is 0.0928. The number of piperidine rings is 1. The number of pyridine rings is 1. The summed E-state index contributed by atoms with van der Waals surface area (Å²) in [6.07, 6.45) is 9.26. The number of amides is 3. The van der Waals surface area contributed by atoms with Crippen molar-refractivity contribution < 1.29 is 19.5 Å². The predicted molar refractivity (Wildman–Crippen MR) is 178 cm³/mol. The number of rotatable bonds is 9. The molecule has 248 valence electrons. The Balaban J connectivity index is 1.07. The van der Waals surface area contributed by atoms with Gasteiger partial charge in [-0.2, -0.15) is 0 Å². The van der Waals surface area contributed by atoms with Crippen LogP contribution in [0.25, 0.3) is 0 Å². The Kier molecular flexibility index (Phi) is 9.79. The minimum atomic E-state index is -0.542. The molecule has 2 aromatic rings. The Morgan fingerprint density at radius 2 is 1.63 bits per heavy atom. The normalized spacial score (nSPS) is 28.1. The van der Waals surface area contributed by atoms with Gasteiger partial charge in [0.05, 0.1) is 17.2 Å². The number of nitrogens with one attached hydrogen (secondary N) is 3. The molecular formula is C35H49N7O4. The van der Waals surface area contributed by atoms with E-state index in [0.29, 0.717) is 47.2 Å². The Bertz CT molecular complexity index is 1410. The van der Waals surface area contributed by atoms with Gasteiger partial charge in [0, 0.05) is 67.3 Å². The van der Waals surface area contributed by atoms with E-state index in [0.717, 1.165) is 70.4 Å². The van der Waals surface area contributed by atoms with E-state index in [1.165, 1.54) is 0 Å². The van der Waals surface area contributed by atoms with Crippen molar-refractivity contribution in [1.82, 2.24) is 20.5 Å². The number of carbonyl (C=O) groups excluding carboxylic acids is 3.